The molecule has 2 heterocycles. The van der Waals surface area contributed by atoms with Gasteiger partial charge in [0, 0.05) is 12.0 Å². The molecule has 5 rings (SSSR count). The number of carbonyl (C=O) groups excluding carboxylic acids is 1. The van der Waals surface area contributed by atoms with Crippen molar-refractivity contribution in [2.75, 3.05) is 0 Å². The SMILES string of the molecule is Cc1ccccc1/C=C1\SC(N2N=C(c3ccccc3)CC2c2ccccc2O)=NC1=O. The van der Waals surface area contributed by atoms with Gasteiger partial charge in [0.2, 0.25) is 0 Å². The second-order valence-corrected chi connectivity index (χ2v) is 8.71. The Morgan fingerprint density at radius 1 is 1.00 bits per heavy atom. The van der Waals surface area contributed by atoms with Crippen LogP contribution in [0.15, 0.2) is 93.9 Å². The zero-order valence-electron chi connectivity index (χ0n) is 17.5. The van der Waals surface area contributed by atoms with Gasteiger partial charge >= 0.3 is 0 Å². The molecule has 1 N–H and O–H groups in total. The number of hydrazone groups is 1. The molecule has 1 atom stereocenters. The summed E-state index contributed by atoms with van der Waals surface area (Å²) in [5, 5.41) is 17.7. The lowest BCUT2D eigenvalue weighted by Gasteiger charge is -2.23. The molecule has 0 aliphatic carbocycles. The molecule has 3 aromatic rings. The van der Waals surface area contributed by atoms with Gasteiger partial charge in [0.15, 0.2) is 5.17 Å². The topological polar surface area (TPSA) is 65.3 Å². The molecule has 2 aliphatic rings. The molecule has 0 saturated carbocycles. The first kappa shape index (κ1) is 20.3. The van der Waals surface area contributed by atoms with Gasteiger partial charge in [-0.25, -0.2) is 5.01 Å². The minimum absolute atomic E-state index is 0.206. The second kappa shape index (κ2) is 8.48. The van der Waals surface area contributed by atoms with Crippen molar-refractivity contribution in [3.8, 4) is 5.75 Å². The van der Waals surface area contributed by atoms with Crippen molar-refractivity contribution >= 4 is 34.6 Å². The molecule has 0 spiro atoms. The van der Waals surface area contributed by atoms with Gasteiger partial charge in [-0.05, 0) is 47.5 Å². The van der Waals surface area contributed by atoms with Crippen molar-refractivity contribution in [1.82, 2.24) is 5.01 Å². The number of benzene rings is 3. The number of para-hydroxylation sites is 1. The minimum atomic E-state index is -0.271. The van der Waals surface area contributed by atoms with Crippen LogP contribution in [0.5, 0.6) is 5.75 Å². The summed E-state index contributed by atoms with van der Waals surface area (Å²) >= 11 is 1.32. The summed E-state index contributed by atoms with van der Waals surface area (Å²) in [6, 6.07) is 24.9. The average Bonchev–Trinajstić information content (AvgIpc) is 3.40. The number of rotatable bonds is 3. The third kappa shape index (κ3) is 3.85. The van der Waals surface area contributed by atoms with Gasteiger partial charge in [-0.15, -0.1) is 0 Å². The highest BCUT2D eigenvalue weighted by Crippen LogP contribution is 2.41. The first-order valence-electron chi connectivity index (χ1n) is 10.4. The lowest BCUT2D eigenvalue weighted by atomic mass is 9.98. The number of hydrogen-bond donors (Lipinski definition) is 1. The predicted octanol–water partition coefficient (Wildman–Crippen LogP) is 5.52. The maximum atomic E-state index is 12.7. The number of aliphatic imine (C=N–C) groups is 1. The van der Waals surface area contributed by atoms with Crippen molar-refractivity contribution in [3.05, 3.63) is 106 Å². The van der Waals surface area contributed by atoms with E-state index in [-0.39, 0.29) is 17.7 Å². The monoisotopic (exact) mass is 439 g/mol. The third-order valence-electron chi connectivity index (χ3n) is 5.59. The highest BCUT2D eigenvalue weighted by molar-refractivity contribution is 8.18. The van der Waals surface area contributed by atoms with E-state index in [0.717, 1.165) is 28.0 Å². The van der Waals surface area contributed by atoms with Gasteiger partial charge in [-0.3, -0.25) is 4.79 Å². The molecule has 158 valence electrons. The smallest absolute Gasteiger partial charge is 0.286 e. The summed E-state index contributed by atoms with van der Waals surface area (Å²) < 4.78 is 0. The standard InChI is InChI=1S/C26H21N3O2S/c1-17-9-5-6-12-19(17)15-24-25(31)27-26(32-24)29-22(20-13-7-8-14-23(20)30)16-21(28-29)18-10-3-2-4-11-18/h2-15,22,30H,16H2,1H3/b24-15-. The van der Waals surface area contributed by atoms with Crippen molar-refractivity contribution in [1.29, 1.82) is 0 Å². The van der Waals surface area contributed by atoms with Gasteiger partial charge in [0.25, 0.3) is 5.91 Å². The summed E-state index contributed by atoms with van der Waals surface area (Å²) in [6.45, 7) is 2.02. The molecule has 0 bridgehead atoms. The zero-order chi connectivity index (χ0) is 22.1. The number of amides is 1. The lowest BCUT2D eigenvalue weighted by molar-refractivity contribution is -0.113. The number of aryl methyl sites for hydroxylation is 1. The molecule has 6 heteroatoms. The van der Waals surface area contributed by atoms with Crippen LogP contribution in [0, 0.1) is 6.92 Å². The number of phenols is 1. The Kier molecular flexibility index (Phi) is 5.37. The van der Waals surface area contributed by atoms with E-state index in [0.29, 0.717) is 16.5 Å². The summed E-state index contributed by atoms with van der Waals surface area (Å²) in [4.78, 5) is 17.6. The first-order chi connectivity index (χ1) is 15.6. The Morgan fingerprint density at radius 2 is 1.72 bits per heavy atom. The van der Waals surface area contributed by atoms with E-state index < -0.39 is 0 Å². The van der Waals surface area contributed by atoms with Crippen LogP contribution < -0.4 is 0 Å². The van der Waals surface area contributed by atoms with Crippen LogP contribution in [0.4, 0.5) is 0 Å². The number of phenolic OH excluding ortho intramolecular Hbond substituents is 1. The molecule has 1 amide bonds. The largest absolute Gasteiger partial charge is 0.508 e. The number of carbonyl (C=O) groups is 1. The van der Waals surface area contributed by atoms with E-state index >= 15 is 0 Å². The van der Waals surface area contributed by atoms with Crippen molar-refractivity contribution < 1.29 is 9.90 Å². The number of thioether (sulfide) groups is 1. The molecule has 0 fully saturated rings. The lowest BCUT2D eigenvalue weighted by Crippen LogP contribution is -2.23. The second-order valence-electron chi connectivity index (χ2n) is 7.70. The van der Waals surface area contributed by atoms with E-state index in [2.05, 4.69) is 4.99 Å². The Bertz CT molecular complexity index is 1280. The van der Waals surface area contributed by atoms with Crippen LogP contribution in [-0.4, -0.2) is 26.9 Å². The number of amidine groups is 1. The van der Waals surface area contributed by atoms with Gasteiger partial charge in [-0.2, -0.15) is 10.1 Å². The first-order valence-corrected chi connectivity index (χ1v) is 11.2. The molecule has 0 aromatic heterocycles. The Hall–Kier alpha value is -3.64. The van der Waals surface area contributed by atoms with Crippen LogP contribution >= 0.6 is 11.8 Å². The molecule has 1 unspecified atom stereocenters. The Morgan fingerprint density at radius 3 is 2.50 bits per heavy atom. The number of nitrogens with zero attached hydrogens (tertiary/aromatic N) is 3. The fourth-order valence-corrected chi connectivity index (χ4v) is 4.80. The summed E-state index contributed by atoms with van der Waals surface area (Å²) in [7, 11) is 0. The Labute approximate surface area is 190 Å². The van der Waals surface area contributed by atoms with Gasteiger partial charge in [-0.1, -0.05) is 72.8 Å². The molecular formula is C26H21N3O2S. The fraction of sp³-hybridized carbons (Fsp3) is 0.115. The van der Waals surface area contributed by atoms with Crippen LogP contribution in [0.2, 0.25) is 0 Å². The normalized spacial score (nSPS) is 19.4. The van der Waals surface area contributed by atoms with Crippen LogP contribution in [-0.2, 0) is 4.79 Å². The van der Waals surface area contributed by atoms with Crippen molar-refractivity contribution in [2.24, 2.45) is 10.1 Å². The number of aromatic hydroxyl groups is 1. The molecule has 3 aromatic carbocycles. The molecular weight excluding hydrogens is 418 g/mol. The summed E-state index contributed by atoms with van der Waals surface area (Å²) in [6.07, 6.45) is 2.48. The van der Waals surface area contributed by atoms with E-state index in [4.69, 9.17) is 5.10 Å². The van der Waals surface area contributed by atoms with Gasteiger partial charge in [0.05, 0.1) is 16.7 Å². The van der Waals surface area contributed by atoms with E-state index in [1.807, 2.05) is 79.7 Å². The highest BCUT2D eigenvalue weighted by Gasteiger charge is 2.37. The fourth-order valence-electron chi connectivity index (χ4n) is 3.89. The summed E-state index contributed by atoms with van der Waals surface area (Å²) in [5.41, 5.74) is 4.76. The molecule has 5 nitrogen and oxygen atoms in total. The molecule has 2 aliphatic heterocycles. The van der Waals surface area contributed by atoms with Gasteiger partial charge in [0.1, 0.15) is 5.75 Å². The maximum Gasteiger partial charge on any atom is 0.286 e. The maximum absolute atomic E-state index is 12.7. The predicted molar refractivity (Wildman–Crippen MR) is 129 cm³/mol. The van der Waals surface area contributed by atoms with Gasteiger partial charge < -0.3 is 5.11 Å². The van der Waals surface area contributed by atoms with Crippen molar-refractivity contribution in [3.63, 3.8) is 0 Å². The Balaban J connectivity index is 1.51. The molecule has 0 saturated heterocycles. The third-order valence-corrected chi connectivity index (χ3v) is 6.57. The quantitative estimate of drug-likeness (QED) is 0.546. The van der Waals surface area contributed by atoms with Crippen molar-refractivity contribution in [2.45, 2.75) is 19.4 Å². The number of hydrogen-bond acceptors (Lipinski definition) is 5. The van der Waals surface area contributed by atoms with E-state index in [9.17, 15) is 9.90 Å². The minimum Gasteiger partial charge on any atom is -0.508 e. The van der Waals surface area contributed by atoms with E-state index in [1.165, 1.54) is 11.8 Å². The van der Waals surface area contributed by atoms with Crippen LogP contribution in [0.3, 0.4) is 0 Å². The highest BCUT2D eigenvalue weighted by atomic mass is 32.2. The van der Waals surface area contributed by atoms with Crippen LogP contribution in [0.25, 0.3) is 6.08 Å². The molecule has 0 radical (unpaired) electrons. The summed E-state index contributed by atoms with van der Waals surface area (Å²) in [5.74, 6) is -0.0646. The average molecular weight is 440 g/mol. The zero-order valence-corrected chi connectivity index (χ0v) is 18.3. The molecule has 32 heavy (non-hydrogen) atoms. The van der Waals surface area contributed by atoms with Crippen LogP contribution in [0.1, 0.15) is 34.7 Å². The van der Waals surface area contributed by atoms with E-state index in [1.54, 1.807) is 17.1 Å².